The van der Waals surface area contributed by atoms with Crippen LogP contribution in [0.1, 0.15) is 19.8 Å². The fraction of sp³-hybridized carbons (Fsp3) is 0.600. The number of hydrogen-bond donors (Lipinski definition) is 2. The van der Waals surface area contributed by atoms with Gasteiger partial charge in [0.05, 0.1) is 12.3 Å². The number of hydrogen-bond acceptors (Lipinski definition) is 5. The first-order valence-corrected chi connectivity index (χ1v) is 5.31. The average molecular weight is 226 g/mol. The lowest BCUT2D eigenvalue weighted by Crippen LogP contribution is -2.33. The van der Waals surface area contributed by atoms with Crippen LogP contribution in [-0.2, 0) is 4.74 Å². The van der Waals surface area contributed by atoms with E-state index in [4.69, 9.17) is 10.5 Å². The topological polar surface area (TPSA) is 73.1 Å². The van der Waals surface area contributed by atoms with Crippen molar-refractivity contribution in [3.05, 3.63) is 12.0 Å². The molecule has 5 nitrogen and oxygen atoms in total. The van der Waals surface area contributed by atoms with E-state index in [0.717, 1.165) is 19.0 Å². The predicted molar refractivity (Wildman–Crippen MR) is 58.5 cm³/mol. The van der Waals surface area contributed by atoms with Crippen molar-refractivity contribution in [1.82, 2.24) is 9.97 Å². The lowest BCUT2D eigenvalue weighted by Gasteiger charge is -2.28. The molecule has 2 heterocycles. The van der Waals surface area contributed by atoms with Crippen LogP contribution in [0.3, 0.4) is 0 Å². The molecule has 1 fully saturated rings. The molecule has 3 N–H and O–H groups in total. The minimum atomic E-state index is -0.478. The molecule has 0 aromatic carbocycles. The molecular weight excluding hydrogens is 211 g/mol. The van der Waals surface area contributed by atoms with E-state index >= 15 is 0 Å². The summed E-state index contributed by atoms with van der Waals surface area (Å²) in [5.74, 6) is -0.232. The SMILES string of the molecule is CC1CC(Nc2nc(N)ncc2F)CCO1. The summed E-state index contributed by atoms with van der Waals surface area (Å²) in [6.07, 6.45) is 2.94. The summed E-state index contributed by atoms with van der Waals surface area (Å²) >= 11 is 0. The zero-order valence-corrected chi connectivity index (χ0v) is 9.11. The summed E-state index contributed by atoms with van der Waals surface area (Å²) in [7, 11) is 0. The van der Waals surface area contributed by atoms with Crippen molar-refractivity contribution in [1.29, 1.82) is 0 Å². The van der Waals surface area contributed by atoms with Gasteiger partial charge < -0.3 is 15.8 Å². The van der Waals surface area contributed by atoms with Gasteiger partial charge in [0, 0.05) is 12.6 Å². The van der Waals surface area contributed by atoms with Gasteiger partial charge in [-0.05, 0) is 19.8 Å². The van der Waals surface area contributed by atoms with Gasteiger partial charge in [0.15, 0.2) is 11.6 Å². The number of nitrogens with two attached hydrogens (primary N) is 1. The monoisotopic (exact) mass is 226 g/mol. The van der Waals surface area contributed by atoms with Gasteiger partial charge in [-0.15, -0.1) is 0 Å². The minimum Gasteiger partial charge on any atom is -0.378 e. The van der Waals surface area contributed by atoms with Gasteiger partial charge in [0.1, 0.15) is 0 Å². The molecule has 1 aliphatic heterocycles. The Balaban J connectivity index is 2.05. The third-order valence-corrected chi connectivity index (χ3v) is 2.59. The number of aromatic nitrogens is 2. The van der Waals surface area contributed by atoms with Gasteiger partial charge in [-0.1, -0.05) is 0 Å². The fourth-order valence-corrected chi connectivity index (χ4v) is 1.80. The minimum absolute atomic E-state index is 0.0732. The van der Waals surface area contributed by atoms with Gasteiger partial charge in [-0.25, -0.2) is 9.37 Å². The molecule has 0 saturated carbocycles. The van der Waals surface area contributed by atoms with Crippen LogP contribution >= 0.6 is 0 Å². The van der Waals surface area contributed by atoms with Crippen molar-refractivity contribution in [2.75, 3.05) is 17.7 Å². The molecule has 0 aliphatic carbocycles. The second-order valence-corrected chi connectivity index (χ2v) is 3.97. The van der Waals surface area contributed by atoms with Gasteiger partial charge in [0.2, 0.25) is 5.95 Å². The van der Waals surface area contributed by atoms with Crippen LogP contribution in [-0.4, -0.2) is 28.7 Å². The number of rotatable bonds is 2. The third-order valence-electron chi connectivity index (χ3n) is 2.59. The van der Waals surface area contributed by atoms with Crippen molar-refractivity contribution >= 4 is 11.8 Å². The van der Waals surface area contributed by atoms with E-state index in [0.29, 0.717) is 6.61 Å². The summed E-state index contributed by atoms with van der Waals surface area (Å²) in [4.78, 5) is 7.41. The second-order valence-electron chi connectivity index (χ2n) is 3.97. The quantitative estimate of drug-likeness (QED) is 0.792. The maximum Gasteiger partial charge on any atom is 0.222 e. The van der Waals surface area contributed by atoms with Crippen LogP contribution < -0.4 is 11.1 Å². The molecule has 1 aliphatic rings. The normalized spacial score (nSPS) is 25.4. The molecule has 1 aromatic heterocycles. The fourth-order valence-electron chi connectivity index (χ4n) is 1.80. The maximum atomic E-state index is 13.3. The third kappa shape index (κ3) is 2.57. The lowest BCUT2D eigenvalue weighted by atomic mass is 10.0. The van der Waals surface area contributed by atoms with Gasteiger partial charge in [-0.2, -0.15) is 4.98 Å². The number of nitrogen functional groups attached to an aromatic ring is 1. The molecule has 0 radical (unpaired) electrons. The van der Waals surface area contributed by atoms with Crippen molar-refractivity contribution in [3.8, 4) is 0 Å². The van der Waals surface area contributed by atoms with Crippen molar-refractivity contribution in [2.24, 2.45) is 0 Å². The molecule has 2 rings (SSSR count). The number of halogens is 1. The first-order valence-electron chi connectivity index (χ1n) is 5.31. The molecule has 0 bridgehead atoms. The summed E-state index contributed by atoms with van der Waals surface area (Å²) in [5.41, 5.74) is 5.41. The van der Waals surface area contributed by atoms with Crippen LogP contribution in [0.4, 0.5) is 16.2 Å². The first-order chi connectivity index (χ1) is 7.65. The molecule has 1 aromatic rings. The van der Waals surface area contributed by atoms with Crippen LogP contribution in [0.25, 0.3) is 0 Å². The Morgan fingerprint density at radius 2 is 2.44 bits per heavy atom. The Morgan fingerprint density at radius 3 is 3.19 bits per heavy atom. The van der Waals surface area contributed by atoms with E-state index in [1.165, 1.54) is 0 Å². The summed E-state index contributed by atoms with van der Waals surface area (Å²) in [5, 5.41) is 3.03. The van der Waals surface area contributed by atoms with E-state index in [2.05, 4.69) is 15.3 Å². The van der Waals surface area contributed by atoms with Gasteiger partial charge in [0.25, 0.3) is 0 Å². The molecule has 0 spiro atoms. The zero-order chi connectivity index (χ0) is 11.5. The van der Waals surface area contributed by atoms with Crippen molar-refractivity contribution in [2.45, 2.75) is 31.9 Å². The average Bonchev–Trinajstić information content (AvgIpc) is 2.24. The number of anilines is 2. The standard InChI is InChI=1S/C10H15FN4O/c1-6-4-7(2-3-16-6)14-9-8(11)5-13-10(12)15-9/h5-7H,2-4H2,1H3,(H3,12,13,14,15). The van der Waals surface area contributed by atoms with Crippen LogP contribution in [0.2, 0.25) is 0 Å². The molecule has 0 amide bonds. The number of ether oxygens (including phenoxy) is 1. The van der Waals surface area contributed by atoms with Crippen LogP contribution in [0, 0.1) is 5.82 Å². The molecule has 2 atom stereocenters. The van der Waals surface area contributed by atoms with Crippen molar-refractivity contribution < 1.29 is 9.13 Å². The first kappa shape index (κ1) is 11.1. The van der Waals surface area contributed by atoms with Crippen molar-refractivity contribution in [3.63, 3.8) is 0 Å². The zero-order valence-electron chi connectivity index (χ0n) is 9.11. The van der Waals surface area contributed by atoms with E-state index in [1.54, 1.807) is 0 Å². The highest BCUT2D eigenvalue weighted by molar-refractivity contribution is 5.40. The summed E-state index contributed by atoms with van der Waals surface area (Å²) in [6.45, 7) is 2.68. The van der Waals surface area contributed by atoms with Crippen LogP contribution in [0.5, 0.6) is 0 Å². The second kappa shape index (κ2) is 4.61. The molecular formula is C10H15FN4O. The summed E-state index contributed by atoms with van der Waals surface area (Å²) < 4.78 is 18.8. The largest absolute Gasteiger partial charge is 0.378 e. The Kier molecular flexibility index (Phi) is 3.19. The highest BCUT2D eigenvalue weighted by Gasteiger charge is 2.20. The smallest absolute Gasteiger partial charge is 0.222 e. The Morgan fingerprint density at radius 1 is 1.62 bits per heavy atom. The predicted octanol–water partition coefficient (Wildman–Crippen LogP) is 1.18. The Bertz CT molecular complexity index is 374. The highest BCUT2D eigenvalue weighted by atomic mass is 19.1. The maximum absolute atomic E-state index is 13.3. The lowest BCUT2D eigenvalue weighted by molar-refractivity contribution is 0.0231. The van der Waals surface area contributed by atoms with E-state index < -0.39 is 5.82 Å². The molecule has 2 unspecified atom stereocenters. The highest BCUT2D eigenvalue weighted by Crippen LogP contribution is 2.19. The number of nitrogens with zero attached hydrogens (tertiary/aromatic N) is 2. The van der Waals surface area contributed by atoms with E-state index in [-0.39, 0.29) is 23.9 Å². The number of nitrogens with one attached hydrogen (secondary N) is 1. The molecule has 16 heavy (non-hydrogen) atoms. The van der Waals surface area contributed by atoms with Gasteiger partial charge in [-0.3, -0.25) is 0 Å². The van der Waals surface area contributed by atoms with E-state index in [1.807, 2.05) is 6.92 Å². The van der Waals surface area contributed by atoms with Gasteiger partial charge >= 0.3 is 0 Å². The van der Waals surface area contributed by atoms with Crippen LogP contribution in [0.15, 0.2) is 6.20 Å². The molecule has 1 saturated heterocycles. The Hall–Kier alpha value is -1.43. The summed E-state index contributed by atoms with van der Waals surface area (Å²) in [6, 6.07) is 0.174. The Labute approximate surface area is 93.2 Å². The van der Waals surface area contributed by atoms with E-state index in [9.17, 15) is 4.39 Å². The molecule has 88 valence electrons. The molecule has 6 heteroatoms.